The Morgan fingerprint density at radius 2 is 1.90 bits per heavy atom. The highest BCUT2D eigenvalue weighted by atomic mass is 35.5. The van der Waals surface area contributed by atoms with Crippen molar-refractivity contribution >= 4 is 11.6 Å². The summed E-state index contributed by atoms with van der Waals surface area (Å²) in [6, 6.07) is 7.66. The number of hydrogen-bond donors (Lipinski definition) is 0. The van der Waals surface area contributed by atoms with E-state index in [0.717, 1.165) is 11.3 Å². The lowest BCUT2D eigenvalue weighted by Crippen LogP contribution is -2.31. The van der Waals surface area contributed by atoms with Crippen molar-refractivity contribution in [1.29, 1.82) is 0 Å². The molecular formula is C16H20ClF3O. The third kappa shape index (κ3) is 4.53. The van der Waals surface area contributed by atoms with E-state index in [0.29, 0.717) is 19.3 Å². The Labute approximate surface area is 128 Å². The van der Waals surface area contributed by atoms with E-state index in [2.05, 4.69) is 0 Å². The van der Waals surface area contributed by atoms with E-state index in [1.165, 1.54) is 0 Å². The van der Waals surface area contributed by atoms with E-state index in [1.54, 1.807) is 7.11 Å². The quantitative estimate of drug-likeness (QED) is 0.692. The Morgan fingerprint density at radius 1 is 1.24 bits per heavy atom. The zero-order valence-electron chi connectivity index (χ0n) is 12.0. The molecule has 5 heteroatoms. The number of benzene rings is 1. The predicted octanol–water partition coefficient (Wildman–Crippen LogP) is 5.21. The first kappa shape index (κ1) is 16.5. The smallest absolute Gasteiger partial charge is 0.391 e. The van der Waals surface area contributed by atoms with Gasteiger partial charge in [-0.05, 0) is 55.7 Å². The van der Waals surface area contributed by atoms with Crippen molar-refractivity contribution in [2.45, 2.75) is 43.7 Å². The molecular weight excluding hydrogens is 301 g/mol. The van der Waals surface area contributed by atoms with Gasteiger partial charge in [0.25, 0.3) is 0 Å². The summed E-state index contributed by atoms with van der Waals surface area (Å²) in [6.07, 6.45) is -1.87. The summed E-state index contributed by atoms with van der Waals surface area (Å²) in [4.78, 5) is 0. The molecule has 0 bridgehead atoms. The van der Waals surface area contributed by atoms with Gasteiger partial charge in [-0.3, -0.25) is 0 Å². The van der Waals surface area contributed by atoms with Crippen LogP contribution in [0.25, 0.3) is 0 Å². The highest BCUT2D eigenvalue weighted by Crippen LogP contribution is 2.41. The molecule has 0 heterocycles. The average molecular weight is 321 g/mol. The highest BCUT2D eigenvalue weighted by molar-refractivity contribution is 6.20. The van der Waals surface area contributed by atoms with E-state index in [9.17, 15) is 13.2 Å². The van der Waals surface area contributed by atoms with Gasteiger partial charge in [0.1, 0.15) is 5.75 Å². The molecule has 0 saturated heterocycles. The molecule has 1 unspecified atom stereocenters. The fourth-order valence-corrected chi connectivity index (χ4v) is 3.43. The zero-order valence-corrected chi connectivity index (χ0v) is 12.8. The Bertz CT molecular complexity index is 453. The van der Waals surface area contributed by atoms with Crippen LogP contribution in [0.4, 0.5) is 13.2 Å². The summed E-state index contributed by atoms with van der Waals surface area (Å²) < 4.78 is 43.1. The standard InChI is InChI=1S/C16H20ClF3O/c1-21-14-4-2-3-11(9-14)10-15(17)12-5-7-13(8-6-12)16(18,19)20/h2-4,9,12-13,15H,5-8,10H2,1H3. The van der Waals surface area contributed by atoms with Gasteiger partial charge < -0.3 is 4.74 Å². The van der Waals surface area contributed by atoms with Crippen molar-refractivity contribution in [2.24, 2.45) is 11.8 Å². The molecule has 0 radical (unpaired) electrons. The van der Waals surface area contributed by atoms with Crippen molar-refractivity contribution < 1.29 is 17.9 Å². The first-order chi connectivity index (χ1) is 9.90. The van der Waals surface area contributed by atoms with Crippen LogP contribution >= 0.6 is 11.6 Å². The minimum absolute atomic E-state index is 0.119. The minimum Gasteiger partial charge on any atom is -0.497 e. The summed E-state index contributed by atoms with van der Waals surface area (Å²) in [5, 5.41) is -0.119. The molecule has 1 aliphatic carbocycles. The second kappa shape index (κ2) is 6.91. The van der Waals surface area contributed by atoms with Crippen molar-refractivity contribution in [3.05, 3.63) is 29.8 Å². The SMILES string of the molecule is COc1cccc(CC(Cl)C2CCC(C(F)(F)F)CC2)c1. The monoisotopic (exact) mass is 320 g/mol. The van der Waals surface area contributed by atoms with E-state index < -0.39 is 12.1 Å². The Morgan fingerprint density at radius 3 is 2.48 bits per heavy atom. The molecule has 1 aromatic carbocycles. The number of rotatable bonds is 4. The maximum Gasteiger partial charge on any atom is 0.391 e. The molecule has 0 amide bonds. The lowest BCUT2D eigenvalue weighted by atomic mass is 9.79. The van der Waals surface area contributed by atoms with Crippen LogP contribution < -0.4 is 4.74 Å². The second-order valence-electron chi connectivity index (χ2n) is 5.72. The summed E-state index contributed by atoms with van der Waals surface area (Å²) >= 11 is 6.43. The molecule has 1 atom stereocenters. The number of methoxy groups -OCH3 is 1. The number of alkyl halides is 4. The molecule has 0 spiro atoms. The van der Waals surface area contributed by atoms with Gasteiger partial charge in [0.05, 0.1) is 13.0 Å². The largest absolute Gasteiger partial charge is 0.497 e. The number of hydrogen-bond acceptors (Lipinski definition) is 1. The van der Waals surface area contributed by atoms with Crippen LogP contribution in [-0.4, -0.2) is 18.7 Å². The van der Waals surface area contributed by atoms with Gasteiger partial charge >= 0.3 is 6.18 Å². The van der Waals surface area contributed by atoms with Crippen molar-refractivity contribution in [1.82, 2.24) is 0 Å². The predicted molar refractivity (Wildman–Crippen MR) is 77.8 cm³/mol. The molecule has 0 aliphatic heterocycles. The van der Waals surface area contributed by atoms with E-state index in [1.807, 2.05) is 24.3 Å². The molecule has 1 aromatic rings. The molecule has 1 nitrogen and oxygen atoms in total. The van der Waals surface area contributed by atoms with Gasteiger partial charge in [-0.25, -0.2) is 0 Å². The van der Waals surface area contributed by atoms with E-state index >= 15 is 0 Å². The Balaban J connectivity index is 1.88. The normalized spacial score (nSPS) is 24.6. The van der Waals surface area contributed by atoms with Crippen LogP contribution in [0.5, 0.6) is 5.75 Å². The van der Waals surface area contributed by atoms with Crippen molar-refractivity contribution in [2.75, 3.05) is 7.11 Å². The minimum atomic E-state index is -4.06. The number of ether oxygens (including phenoxy) is 1. The topological polar surface area (TPSA) is 9.23 Å². The van der Waals surface area contributed by atoms with Crippen LogP contribution in [0, 0.1) is 11.8 Å². The molecule has 0 N–H and O–H groups in total. The van der Waals surface area contributed by atoms with Gasteiger partial charge in [0.2, 0.25) is 0 Å². The van der Waals surface area contributed by atoms with Crippen LogP contribution in [0.15, 0.2) is 24.3 Å². The fourth-order valence-electron chi connectivity index (χ4n) is 3.00. The van der Waals surface area contributed by atoms with Gasteiger partial charge in [-0.2, -0.15) is 13.2 Å². The molecule has 1 fully saturated rings. The second-order valence-corrected chi connectivity index (χ2v) is 6.29. The summed E-state index contributed by atoms with van der Waals surface area (Å²) in [5.74, 6) is -0.206. The summed E-state index contributed by atoms with van der Waals surface area (Å²) in [7, 11) is 1.61. The van der Waals surface area contributed by atoms with Gasteiger partial charge in [-0.1, -0.05) is 12.1 Å². The van der Waals surface area contributed by atoms with Crippen molar-refractivity contribution in [3.8, 4) is 5.75 Å². The van der Waals surface area contributed by atoms with Gasteiger partial charge in [0, 0.05) is 5.38 Å². The average Bonchev–Trinajstić information content (AvgIpc) is 2.46. The molecule has 2 rings (SSSR count). The first-order valence-electron chi connectivity index (χ1n) is 7.24. The maximum absolute atomic E-state index is 12.7. The van der Waals surface area contributed by atoms with Crippen LogP contribution in [0.1, 0.15) is 31.2 Å². The molecule has 1 aliphatic rings. The number of halogens is 4. The van der Waals surface area contributed by atoms with E-state index in [4.69, 9.17) is 16.3 Å². The lowest BCUT2D eigenvalue weighted by molar-refractivity contribution is -0.183. The zero-order chi connectivity index (χ0) is 15.5. The van der Waals surface area contributed by atoms with Crippen LogP contribution in [0.2, 0.25) is 0 Å². The first-order valence-corrected chi connectivity index (χ1v) is 7.67. The fraction of sp³-hybridized carbons (Fsp3) is 0.625. The van der Waals surface area contributed by atoms with Gasteiger partial charge in [0.15, 0.2) is 0 Å². The molecule has 118 valence electrons. The molecule has 21 heavy (non-hydrogen) atoms. The summed E-state index contributed by atoms with van der Waals surface area (Å²) in [5.41, 5.74) is 1.06. The van der Waals surface area contributed by atoms with Crippen LogP contribution in [0.3, 0.4) is 0 Å². The Kier molecular flexibility index (Phi) is 5.42. The highest BCUT2D eigenvalue weighted by Gasteiger charge is 2.42. The van der Waals surface area contributed by atoms with Crippen molar-refractivity contribution in [3.63, 3.8) is 0 Å². The third-order valence-electron chi connectivity index (χ3n) is 4.31. The third-order valence-corrected chi connectivity index (χ3v) is 4.82. The van der Waals surface area contributed by atoms with Gasteiger partial charge in [-0.15, -0.1) is 11.6 Å². The Hall–Kier alpha value is -0.900. The van der Waals surface area contributed by atoms with E-state index in [-0.39, 0.29) is 24.1 Å². The maximum atomic E-state index is 12.7. The lowest BCUT2D eigenvalue weighted by Gasteiger charge is -2.32. The molecule has 1 saturated carbocycles. The van der Waals surface area contributed by atoms with Crippen LogP contribution in [-0.2, 0) is 6.42 Å². The summed E-state index contributed by atoms with van der Waals surface area (Å²) in [6.45, 7) is 0. The molecule has 0 aromatic heterocycles.